The zero-order chi connectivity index (χ0) is 15.7. The van der Waals surface area contributed by atoms with Gasteiger partial charge in [0.25, 0.3) is 11.1 Å². The van der Waals surface area contributed by atoms with Crippen molar-refractivity contribution >= 4 is 29.0 Å². The van der Waals surface area contributed by atoms with Crippen LogP contribution in [-0.4, -0.2) is 35.3 Å². The molecule has 0 N–H and O–H groups in total. The Morgan fingerprint density at radius 3 is 2.73 bits per heavy atom. The van der Waals surface area contributed by atoms with E-state index in [1.807, 2.05) is 32.0 Å². The molecule has 2 aliphatic heterocycles. The highest BCUT2D eigenvalue weighted by atomic mass is 32.2. The maximum absolute atomic E-state index is 12.4. The normalized spacial score (nSPS) is 20.6. The van der Waals surface area contributed by atoms with Crippen molar-refractivity contribution in [2.75, 3.05) is 13.2 Å². The zero-order valence-electron chi connectivity index (χ0n) is 12.5. The third kappa shape index (κ3) is 2.70. The molecule has 2 heterocycles. The predicted octanol–water partition coefficient (Wildman–Crippen LogP) is 3.29. The Balaban J connectivity index is 1.86. The molecule has 116 valence electrons. The molecular formula is C16H17NO4S. The summed E-state index contributed by atoms with van der Waals surface area (Å²) in [6.07, 6.45) is 2.47. The summed E-state index contributed by atoms with van der Waals surface area (Å²) in [5.41, 5.74) is 0.818. The SMILES string of the molecule is CC[C@@H](C)N1C(=O)S/C(=C/c2ccc3c(c2)OCCO3)C1=O. The van der Waals surface area contributed by atoms with Crippen LogP contribution in [0, 0.1) is 0 Å². The fourth-order valence-corrected chi connectivity index (χ4v) is 3.27. The lowest BCUT2D eigenvalue weighted by molar-refractivity contribution is -0.124. The quantitative estimate of drug-likeness (QED) is 0.800. The molecule has 1 saturated heterocycles. The first-order valence-corrected chi connectivity index (χ1v) is 8.08. The van der Waals surface area contributed by atoms with E-state index in [0.29, 0.717) is 29.6 Å². The Morgan fingerprint density at radius 2 is 2.00 bits per heavy atom. The van der Waals surface area contributed by atoms with E-state index in [1.54, 1.807) is 6.08 Å². The third-order valence-electron chi connectivity index (χ3n) is 3.72. The van der Waals surface area contributed by atoms with Gasteiger partial charge in [-0.3, -0.25) is 14.5 Å². The molecule has 0 aromatic heterocycles. The van der Waals surface area contributed by atoms with Gasteiger partial charge >= 0.3 is 0 Å². The van der Waals surface area contributed by atoms with Gasteiger partial charge in [0.2, 0.25) is 0 Å². The molecule has 1 atom stereocenters. The second-order valence-corrected chi connectivity index (χ2v) is 6.21. The predicted molar refractivity (Wildman–Crippen MR) is 85.0 cm³/mol. The van der Waals surface area contributed by atoms with Gasteiger partial charge in [-0.15, -0.1) is 0 Å². The number of ether oxygens (including phenoxy) is 2. The van der Waals surface area contributed by atoms with E-state index in [-0.39, 0.29) is 17.2 Å². The number of carbonyl (C=O) groups excluding carboxylic acids is 2. The Morgan fingerprint density at radius 1 is 1.27 bits per heavy atom. The maximum Gasteiger partial charge on any atom is 0.293 e. The monoisotopic (exact) mass is 319 g/mol. The second-order valence-electron chi connectivity index (χ2n) is 5.21. The highest BCUT2D eigenvalue weighted by Gasteiger charge is 2.37. The molecule has 0 spiro atoms. The molecule has 1 fully saturated rings. The van der Waals surface area contributed by atoms with Gasteiger partial charge in [-0.2, -0.15) is 0 Å². The van der Waals surface area contributed by atoms with Crippen molar-refractivity contribution in [3.8, 4) is 11.5 Å². The molecule has 6 heteroatoms. The van der Waals surface area contributed by atoms with Crippen molar-refractivity contribution in [1.29, 1.82) is 0 Å². The number of fused-ring (bicyclic) bond motifs is 1. The molecule has 22 heavy (non-hydrogen) atoms. The number of hydrogen-bond acceptors (Lipinski definition) is 5. The standard InChI is InChI=1S/C16H17NO4S/c1-3-10(2)17-15(18)14(22-16(17)19)9-11-4-5-12-13(8-11)21-7-6-20-12/h4-5,8-10H,3,6-7H2,1-2H3/b14-9+/t10-/m1/s1. The number of benzene rings is 1. The number of amides is 2. The largest absolute Gasteiger partial charge is 0.486 e. The van der Waals surface area contributed by atoms with Gasteiger partial charge < -0.3 is 9.47 Å². The van der Waals surface area contributed by atoms with Crippen LogP contribution in [0.25, 0.3) is 6.08 Å². The lowest BCUT2D eigenvalue weighted by atomic mass is 10.1. The van der Waals surface area contributed by atoms with E-state index < -0.39 is 0 Å². The van der Waals surface area contributed by atoms with Crippen molar-refractivity contribution in [3.63, 3.8) is 0 Å². The van der Waals surface area contributed by atoms with Gasteiger partial charge in [-0.25, -0.2) is 0 Å². The molecule has 1 aromatic carbocycles. The fourth-order valence-electron chi connectivity index (χ4n) is 2.34. The van der Waals surface area contributed by atoms with E-state index in [0.717, 1.165) is 23.7 Å². The summed E-state index contributed by atoms with van der Waals surface area (Å²) in [7, 11) is 0. The topological polar surface area (TPSA) is 55.8 Å². The van der Waals surface area contributed by atoms with Crippen LogP contribution in [-0.2, 0) is 4.79 Å². The van der Waals surface area contributed by atoms with Crippen LogP contribution in [0.5, 0.6) is 11.5 Å². The smallest absolute Gasteiger partial charge is 0.293 e. The first-order valence-electron chi connectivity index (χ1n) is 7.27. The van der Waals surface area contributed by atoms with Crippen molar-refractivity contribution in [2.45, 2.75) is 26.3 Å². The summed E-state index contributed by atoms with van der Waals surface area (Å²) >= 11 is 0.984. The number of hydrogen-bond donors (Lipinski definition) is 0. The van der Waals surface area contributed by atoms with Gasteiger partial charge in [0.1, 0.15) is 13.2 Å². The Labute approximate surface area is 133 Å². The van der Waals surface area contributed by atoms with E-state index >= 15 is 0 Å². The number of nitrogens with zero attached hydrogens (tertiary/aromatic N) is 1. The summed E-state index contributed by atoms with van der Waals surface area (Å²) in [5.74, 6) is 1.15. The average molecular weight is 319 g/mol. The van der Waals surface area contributed by atoms with Gasteiger partial charge in [0.05, 0.1) is 4.91 Å². The molecule has 0 bridgehead atoms. The third-order valence-corrected chi connectivity index (χ3v) is 4.60. The van der Waals surface area contributed by atoms with E-state index in [9.17, 15) is 9.59 Å². The summed E-state index contributed by atoms with van der Waals surface area (Å²) in [6.45, 7) is 4.89. The molecule has 2 amide bonds. The van der Waals surface area contributed by atoms with Crippen LogP contribution in [0.3, 0.4) is 0 Å². The van der Waals surface area contributed by atoms with E-state index in [4.69, 9.17) is 9.47 Å². The van der Waals surface area contributed by atoms with Crippen LogP contribution >= 0.6 is 11.8 Å². The second kappa shape index (κ2) is 6.04. The molecule has 0 saturated carbocycles. The lowest BCUT2D eigenvalue weighted by Gasteiger charge is -2.19. The maximum atomic E-state index is 12.4. The van der Waals surface area contributed by atoms with E-state index in [2.05, 4.69) is 0 Å². The van der Waals surface area contributed by atoms with Crippen LogP contribution < -0.4 is 9.47 Å². The summed E-state index contributed by atoms with van der Waals surface area (Å²) in [4.78, 5) is 26.1. The van der Waals surface area contributed by atoms with Crippen LogP contribution in [0.1, 0.15) is 25.8 Å². The highest BCUT2D eigenvalue weighted by Crippen LogP contribution is 2.36. The minimum Gasteiger partial charge on any atom is -0.486 e. The highest BCUT2D eigenvalue weighted by molar-refractivity contribution is 8.18. The van der Waals surface area contributed by atoms with Crippen molar-refractivity contribution < 1.29 is 19.1 Å². The number of imide groups is 1. The lowest BCUT2D eigenvalue weighted by Crippen LogP contribution is -2.36. The molecule has 1 aromatic rings. The number of thioether (sulfide) groups is 1. The number of carbonyl (C=O) groups is 2. The summed E-state index contributed by atoms with van der Waals surface area (Å²) in [5, 5.41) is -0.205. The van der Waals surface area contributed by atoms with Crippen LogP contribution in [0.15, 0.2) is 23.1 Å². The molecule has 0 unspecified atom stereocenters. The molecule has 0 aliphatic carbocycles. The fraction of sp³-hybridized carbons (Fsp3) is 0.375. The molecule has 0 radical (unpaired) electrons. The van der Waals surface area contributed by atoms with Crippen molar-refractivity contribution in [3.05, 3.63) is 28.7 Å². The van der Waals surface area contributed by atoms with Crippen LogP contribution in [0.4, 0.5) is 4.79 Å². The van der Waals surface area contributed by atoms with E-state index in [1.165, 1.54) is 4.90 Å². The Hall–Kier alpha value is -1.95. The molecule has 2 aliphatic rings. The van der Waals surface area contributed by atoms with Crippen LogP contribution in [0.2, 0.25) is 0 Å². The van der Waals surface area contributed by atoms with Crippen molar-refractivity contribution in [1.82, 2.24) is 4.90 Å². The van der Waals surface area contributed by atoms with Crippen molar-refractivity contribution in [2.24, 2.45) is 0 Å². The van der Waals surface area contributed by atoms with Gasteiger partial charge in [-0.05, 0) is 48.9 Å². The first kappa shape index (κ1) is 15.0. The van der Waals surface area contributed by atoms with Gasteiger partial charge in [0, 0.05) is 6.04 Å². The van der Waals surface area contributed by atoms with Gasteiger partial charge in [-0.1, -0.05) is 13.0 Å². The Bertz CT molecular complexity index is 656. The summed E-state index contributed by atoms with van der Waals surface area (Å²) in [6, 6.07) is 5.41. The number of rotatable bonds is 3. The average Bonchev–Trinajstić information content (AvgIpc) is 2.80. The molecule has 5 nitrogen and oxygen atoms in total. The molecule has 3 rings (SSSR count). The van der Waals surface area contributed by atoms with Gasteiger partial charge in [0.15, 0.2) is 11.5 Å². The first-order chi connectivity index (χ1) is 10.6. The minimum atomic E-state index is -0.223. The minimum absolute atomic E-state index is 0.0846. The molecular weight excluding hydrogens is 302 g/mol. The summed E-state index contributed by atoms with van der Waals surface area (Å²) < 4.78 is 11.0. The Kier molecular flexibility index (Phi) is 4.11. The zero-order valence-corrected chi connectivity index (χ0v) is 13.3.